The second-order valence-electron chi connectivity index (χ2n) is 7.74. The molecule has 0 saturated heterocycles. The van der Waals surface area contributed by atoms with E-state index in [1.165, 1.54) is 11.3 Å². The number of nitrogens with one attached hydrogen (secondary N) is 1. The number of thiophene rings is 1. The fraction of sp³-hybridized carbons (Fsp3) is 0.400. The lowest BCUT2D eigenvalue weighted by Crippen LogP contribution is -2.29. The van der Waals surface area contributed by atoms with E-state index in [1.54, 1.807) is 24.3 Å². The van der Waals surface area contributed by atoms with Gasteiger partial charge in [-0.05, 0) is 48.3 Å². The van der Waals surface area contributed by atoms with Crippen LogP contribution in [0.3, 0.4) is 0 Å². The summed E-state index contributed by atoms with van der Waals surface area (Å²) < 4.78 is 0. The van der Waals surface area contributed by atoms with Crippen LogP contribution in [0.15, 0.2) is 24.3 Å². The summed E-state index contributed by atoms with van der Waals surface area (Å²) in [7, 11) is 0. The molecule has 6 heteroatoms. The van der Waals surface area contributed by atoms with Crippen LogP contribution in [0, 0.1) is 11.3 Å². The number of hydrogen-bond acceptors (Lipinski definition) is 4. The van der Waals surface area contributed by atoms with Gasteiger partial charge in [0.25, 0.3) is 5.91 Å². The Hall–Kier alpha value is -1.85. The minimum atomic E-state index is -1.24. The largest absolute Gasteiger partial charge is 0.545 e. The summed E-state index contributed by atoms with van der Waals surface area (Å²) in [6.45, 7) is 6.61. The van der Waals surface area contributed by atoms with E-state index >= 15 is 0 Å². The van der Waals surface area contributed by atoms with E-state index in [2.05, 4.69) is 26.1 Å². The van der Waals surface area contributed by atoms with Crippen molar-refractivity contribution < 1.29 is 14.7 Å². The molecule has 1 amide bonds. The Morgan fingerprint density at radius 3 is 2.58 bits per heavy atom. The van der Waals surface area contributed by atoms with E-state index in [-0.39, 0.29) is 11.0 Å². The minimum Gasteiger partial charge on any atom is -0.545 e. The van der Waals surface area contributed by atoms with Gasteiger partial charge in [-0.15, -0.1) is 11.3 Å². The number of carbonyl (C=O) groups excluding carboxylic acids is 2. The summed E-state index contributed by atoms with van der Waals surface area (Å²) >= 11 is 7.42. The Labute approximate surface area is 162 Å². The molecule has 26 heavy (non-hydrogen) atoms. The van der Waals surface area contributed by atoms with Gasteiger partial charge in [-0.1, -0.05) is 44.5 Å². The zero-order valence-corrected chi connectivity index (χ0v) is 16.6. The summed E-state index contributed by atoms with van der Waals surface area (Å²) in [5.41, 5.74) is 1.41. The van der Waals surface area contributed by atoms with Crippen molar-refractivity contribution in [2.45, 2.75) is 40.0 Å². The number of aromatic carboxylic acids is 1. The van der Waals surface area contributed by atoms with Gasteiger partial charge in [0, 0.05) is 10.4 Å². The maximum atomic E-state index is 12.5. The molecule has 2 aromatic rings. The van der Waals surface area contributed by atoms with Crippen molar-refractivity contribution in [3.63, 3.8) is 0 Å². The molecule has 4 nitrogen and oxygen atoms in total. The molecule has 0 bridgehead atoms. The molecular weight excluding hydrogens is 370 g/mol. The van der Waals surface area contributed by atoms with Crippen LogP contribution in [-0.4, -0.2) is 11.9 Å². The van der Waals surface area contributed by atoms with Crippen LogP contribution in [0.2, 0.25) is 5.02 Å². The first-order valence-corrected chi connectivity index (χ1v) is 9.79. The molecule has 0 fully saturated rings. The highest BCUT2D eigenvalue weighted by molar-refractivity contribution is 7.17. The lowest BCUT2D eigenvalue weighted by Gasteiger charge is -2.34. The Morgan fingerprint density at radius 1 is 1.27 bits per heavy atom. The summed E-state index contributed by atoms with van der Waals surface area (Å²) in [5, 5.41) is 15.1. The van der Waals surface area contributed by atoms with Crippen LogP contribution < -0.4 is 10.4 Å². The first-order chi connectivity index (χ1) is 12.2. The summed E-state index contributed by atoms with van der Waals surface area (Å²) in [6.07, 6.45) is 2.45. The van der Waals surface area contributed by atoms with Crippen LogP contribution in [0.5, 0.6) is 0 Å². The molecule has 1 N–H and O–H groups in total. The van der Waals surface area contributed by atoms with Crippen molar-refractivity contribution in [2.75, 3.05) is 5.32 Å². The number of rotatable bonds is 3. The van der Waals surface area contributed by atoms with Crippen molar-refractivity contribution in [3.8, 4) is 0 Å². The molecule has 0 unspecified atom stereocenters. The Bertz CT molecular complexity index is 866. The van der Waals surface area contributed by atoms with Crippen molar-refractivity contribution in [2.24, 2.45) is 11.3 Å². The van der Waals surface area contributed by atoms with Crippen LogP contribution >= 0.6 is 22.9 Å². The van der Waals surface area contributed by atoms with Gasteiger partial charge < -0.3 is 15.2 Å². The number of carbonyl (C=O) groups is 2. The molecule has 1 aliphatic rings. The first kappa shape index (κ1) is 18.9. The van der Waals surface area contributed by atoms with Gasteiger partial charge in [0.2, 0.25) is 0 Å². The standard InChI is InChI=1S/C20H22ClNO3S/c1-20(2,3)11-8-9-13-15(10-11)26-18(16(13)19(24)25)22-17(23)12-6-4-5-7-14(12)21/h4-7,11H,8-10H2,1-3H3,(H,22,23)(H,24,25)/p-1/t11-/m0/s1. The fourth-order valence-electron chi connectivity index (χ4n) is 3.44. The van der Waals surface area contributed by atoms with Crippen molar-refractivity contribution >= 4 is 39.8 Å². The Morgan fingerprint density at radius 2 is 1.96 bits per heavy atom. The van der Waals surface area contributed by atoms with E-state index in [1.807, 2.05) is 0 Å². The predicted octanol–water partition coefficient (Wildman–Crippen LogP) is 4.17. The van der Waals surface area contributed by atoms with Crippen molar-refractivity contribution in [1.82, 2.24) is 0 Å². The molecule has 0 saturated carbocycles. The topological polar surface area (TPSA) is 69.2 Å². The van der Waals surface area contributed by atoms with E-state index < -0.39 is 11.9 Å². The SMILES string of the molecule is CC(C)(C)[C@H]1CCc2c(sc(NC(=O)c3ccccc3Cl)c2C(=O)[O-])C1. The molecule has 1 aliphatic carbocycles. The van der Waals surface area contributed by atoms with Gasteiger partial charge in [-0.2, -0.15) is 0 Å². The van der Waals surface area contributed by atoms with Gasteiger partial charge in [0.15, 0.2) is 0 Å². The van der Waals surface area contributed by atoms with Gasteiger partial charge in [-0.3, -0.25) is 4.79 Å². The molecule has 0 aliphatic heterocycles. The van der Waals surface area contributed by atoms with E-state index in [0.29, 0.717) is 27.9 Å². The Balaban J connectivity index is 1.94. The van der Waals surface area contributed by atoms with Gasteiger partial charge >= 0.3 is 0 Å². The van der Waals surface area contributed by atoms with Gasteiger partial charge in [0.1, 0.15) is 5.00 Å². The molecular formula is C20H21ClNO3S-. The lowest BCUT2D eigenvalue weighted by atomic mass is 9.72. The number of hydrogen-bond donors (Lipinski definition) is 1. The number of halogens is 1. The molecule has 1 heterocycles. The monoisotopic (exact) mass is 390 g/mol. The third kappa shape index (κ3) is 3.64. The van der Waals surface area contributed by atoms with Crippen molar-refractivity contribution in [3.05, 3.63) is 50.9 Å². The van der Waals surface area contributed by atoms with E-state index in [9.17, 15) is 14.7 Å². The highest BCUT2D eigenvalue weighted by Crippen LogP contribution is 2.44. The predicted molar refractivity (Wildman–Crippen MR) is 103 cm³/mol. The lowest BCUT2D eigenvalue weighted by molar-refractivity contribution is -0.254. The normalized spacial score (nSPS) is 16.8. The molecule has 0 spiro atoms. The molecule has 3 rings (SSSR count). The van der Waals surface area contributed by atoms with Gasteiger partial charge in [0.05, 0.1) is 16.6 Å². The van der Waals surface area contributed by atoms with Crippen LogP contribution in [0.25, 0.3) is 0 Å². The molecule has 1 aromatic heterocycles. The number of benzene rings is 1. The number of carboxylic acid groups (broad SMARTS) is 1. The molecule has 138 valence electrons. The Kier molecular flexibility index (Phi) is 5.13. The second-order valence-corrected chi connectivity index (χ2v) is 9.25. The highest BCUT2D eigenvalue weighted by atomic mass is 35.5. The maximum Gasteiger partial charge on any atom is 0.257 e. The zero-order chi connectivity index (χ0) is 19.1. The van der Waals surface area contributed by atoms with Crippen LogP contribution in [-0.2, 0) is 12.8 Å². The van der Waals surface area contributed by atoms with Crippen LogP contribution in [0.1, 0.15) is 58.3 Å². The summed E-state index contributed by atoms with van der Waals surface area (Å²) in [5.74, 6) is -1.18. The minimum absolute atomic E-state index is 0.123. The quantitative estimate of drug-likeness (QED) is 0.855. The number of carboxylic acids is 1. The first-order valence-electron chi connectivity index (χ1n) is 8.60. The zero-order valence-electron chi connectivity index (χ0n) is 15.0. The fourth-order valence-corrected chi connectivity index (χ4v) is 4.98. The second kappa shape index (κ2) is 7.05. The van der Waals surface area contributed by atoms with Gasteiger partial charge in [-0.25, -0.2) is 0 Å². The summed E-state index contributed by atoms with van der Waals surface area (Å²) in [6, 6.07) is 6.69. The molecule has 1 atom stereocenters. The third-order valence-corrected chi connectivity index (χ3v) is 6.54. The van der Waals surface area contributed by atoms with E-state index in [0.717, 1.165) is 23.3 Å². The number of fused-ring (bicyclic) bond motifs is 1. The number of anilines is 1. The van der Waals surface area contributed by atoms with E-state index in [4.69, 9.17) is 11.6 Å². The number of amides is 1. The van der Waals surface area contributed by atoms with Crippen molar-refractivity contribution in [1.29, 1.82) is 0 Å². The summed E-state index contributed by atoms with van der Waals surface area (Å²) in [4.78, 5) is 25.3. The average molecular weight is 391 g/mol. The smallest absolute Gasteiger partial charge is 0.257 e. The molecule has 1 aromatic carbocycles. The third-order valence-electron chi connectivity index (χ3n) is 5.04. The highest BCUT2D eigenvalue weighted by Gasteiger charge is 2.32. The maximum absolute atomic E-state index is 12.5. The molecule has 0 radical (unpaired) electrons. The van der Waals surface area contributed by atoms with Crippen LogP contribution in [0.4, 0.5) is 5.00 Å². The average Bonchev–Trinajstić information content (AvgIpc) is 2.91.